The smallest absolute Gasteiger partial charge is 0.222 e. The van der Waals surface area contributed by atoms with E-state index in [1.807, 2.05) is 12.1 Å². The molecule has 2 aliphatic rings. The van der Waals surface area contributed by atoms with Crippen LogP contribution >= 0.6 is 0 Å². The second-order valence-corrected chi connectivity index (χ2v) is 4.07. The fourth-order valence-corrected chi connectivity index (χ4v) is 2.10. The Hall–Kier alpha value is -1.91. The van der Waals surface area contributed by atoms with Gasteiger partial charge in [-0.25, -0.2) is 0 Å². The number of rotatable bonds is 0. The van der Waals surface area contributed by atoms with Gasteiger partial charge in [-0.05, 0) is 12.1 Å². The largest absolute Gasteiger partial charge is 0.486 e. The molecular weight excluding hydrogens is 220 g/mol. The zero-order valence-corrected chi connectivity index (χ0v) is 9.41. The minimum atomic E-state index is 0.0532. The van der Waals surface area contributed by atoms with Gasteiger partial charge in [0, 0.05) is 30.8 Å². The molecule has 0 fully saturated rings. The maximum atomic E-state index is 11.4. The molecule has 1 amide bonds. The van der Waals surface area contributed by atoms with E-state index in [9.17, 15) is 4.79 Å². The first-order valence-corrected chi connectivity index (χ1v) is 5.76. The molecule has 0 bridgehead atoms. The van der Waals surface area contributed by atoms with Crippen molar-refractivity contribution in [1.29, 1.82) is 0 Å². The maximum absolute atomic E-state index is 11.4. The first kappa shape index (κ1) is 10.3. The van der Waals surface area contributed by atoms with Gasteiger partial charge in [0.1, 0.15) is 13.2 Å². The Balaban J connectivity index is 2.01. The van der Waals surface area contributed by atoms with Gasteiger partial charge in [0.25, 0.3) is 0 Å². The van der Waals surface area contributed by atoms with Crippen LogP contribution in [0.25, 0.3) is 0 Å². The van der Waals surface area contributed by atoms with Crippen molar-refractivity contribution in [3.8, 4) is 11.5 Å². The number of benzene rings is 1. The summed E-state index contributed by atoms with van der Waals surface area (Å²) in [6.45, 7) is 2.25. The molecule has 1 aromatic carbocycles. The van der Waals surface area contributed by atoms with E-state index >= 15 is 0 Å². The molecule has 2 aliphatic heterocycles. The summed E-state index contributed by atoms with van der Waals surface area (Å²) in [6, 6.07) is 3.88. The number of carbonyl (C=O) groups excluding carboxylic acids is 1. The van der Waals surface area contributed by atoms with Crippen molar-refractivity contribution in [3.05, 3.63) is 17.7 Å². The SMILES string of the molecule is O=C1CCNc2ccc3c(c2CN1)OCCO3. The van der Waals surface area contributed by atoms with E-state index in [0.717, 1.165) is 22.7 Å². The van der Waals surface area contributed by atoms with Gasteiger partial charge >= 0.3 is 0 Å². The third-order valence-corrected chi connectivity index (χ3v) is 2.94. The Morgan fingerprint density at radius 2 is 2.00 bits per heavy atom. The van der Waals surface area contributed by atoms with E-state index in [0.29, 0.717) is 32.7 Å². The Bertz CT molecular complexity index is 459. The lowest BCUT2D eigenvalue weighted by Gasteiger charge is -2.25. The van der Waals surface area contributed by atoms with Crippen molar-refractivity contribution in [2.24, 2.45) is 0 Å². The van der Waals surface area contributed by atoms with Crippen molar-refractivity contribution in [2.45, 2.75) is 13.0 Å². The van der Waals surface area contributed by atoms with E-state index in [1.54, 1.807) is 0 Å². The minimum Gasteiger partial charge on any atom is -0.486 e. The van der Waals surface area contributed by atoms with Gasteiger partial charge in [0.15, 0.2) is 11.5 Å². The van der Waals surface area contributed by atoms with Gasteiger partial charge in [-0.15, -0.1) is 0 Å². The fourth-order valence-electron chi connectivity index (χ4n) is 2.10. The monoisotopic (exact) mass is 234 g/mol. The van der Waals surface area contributed by atoms with Crippen LogP contribution in [0.3, 0.4) is 0 Å². The molecule has 0 radical (unpaired) electrons. The topological polar surface area (TPSA) is 59.6 Å². The van der Waals surface area contributed by atoms with Crippen LogP contribution in [0.5, 0.6) is 11.5 Å². The summed E-state index contributed by atoms with van der Waals surface area (Å²) in [4.78, 5) is 11.4. The molecule has 90 valence electrons. The highest BCUT2D eigenvalue weighted by Gasteiger charge is 2.21. The molecule has 0 saturated carbocycles. The zero-order valence-electron chi connectivity index (χ0n) is 9.41. The van der Waals surface area contributed by atoms with E-state index in [2.05, 4.69) is 10.6 Å². The number of carbonyl (C=O) groups is 1. The molecule has 0 spiro atoms. The van der Waals surface area contributed by atoms with Crippen LogP contribution < -0.4 is 20.1 Å². The van der Waals surface area contributed by atoms with E-state index in [-0.39, 0.29) is 5.91 Å². The van der Waals surface area contributed by atoms with E-state index in [1.165, 1.54) is 0 Å². The predicted molar refractivity (Wildman–Crippen MR) is 62.4 cm³/mol. The standard InChI is InChI=1S/C12H14N2O3/c15-11-3-4-13-9-1-2-10-12(8(9)7-14-11)17-6-5-16-10/h1-2,13H,3-7H2,(H,14,15). The summed E-state index contributed by atoms with van der Waals surface area (Å²) < 4.78 is 11.2. The predicted octanol–water partition coefficient (Wildman–Crippen LogP) is 0.890. The number of amides is 1. The summed E-state index contributed by atoms with van der Waals surface area (Å²) >= 11 is 0. The van der Waals surface area contributed by atoms with Gasteiger partial charge in [-0.3, -0.25) is 4.79 Å². The van der Waals surface area contributed by atoms with Crippen molar-refractivity contribution in [2.75, 3.05) is 25.1 Å². The van der Waals surface area contributed by atoms with Crippen molar-refractivity contribution in [3.63, 3.8) is 0 Å². The molecular formula is C12H14N2O3. The maximum Gasteiger partial charge on any atom is 0.222 e. The third-order valence-electron chi connectivity index (χ3n) is 2.94. The summed E-state index contributed by atoms with van der Waals surface area (Å²) in [5, 5.41) is 6.13. The highest BCUT2D eigenvalue weighted by Crippen LogP contribution is 2.38. The summed E-state index contributed by atoms with van der Waals surface area (Å²) in [5.74, 6) is 1.56. The molecule has 5 heteroatoms. The zero-order chi connectivity index (χ0) is 11.7. The molecule has 1 aromatic rings. The molecule has 5 nitrogen and oxygen atoms in total. The lowest BCUT2D eigenvalue weighted by Crippen LogP contribution is -2.29. The Morgan fingerprint density at radius 1 is 1.12 bits per heavy atom. The number of anilines is 1. The average molecular weight is 234 g/mol. The first-order chi connectivity index (χ1) is 8.34. The molecule has 2 heterocycles. The highest BCUT2D eigenvalue weighted by atomic mass is 16.6. The quantitative estimate of drug-likeness (QED) is 0.700. The molecule has 0 aliphatic carbocycles. The molecule has 0 atom stereocenters. The molecule has 2 N–H and O–H groups in total. The van der Waals surface area contributed by atoms with Gasteiger partial charge in [0.05, 0.1) is 0 Å². The van der Waals surface area contributed by atoms with Crippen LogP contribution in [0.4, 0.5) is 5.69 Å². The van der Waals surface area contributed by atoms with Gasteiger partial charge in [-0.2, -0.15) is 0 Å². The van der Waals surface area contributed by atoms with Gasteiger partial charge in [0.2, 0.25) is 5.91 Å². The summed E-state index contributed by atoms with van der Waals surface area (Å²) in [5.41, 5.74) is 1.98. The number of hydrogen-bond donors (Lipinski definition) is 2. The van der Waals surface area contributed by atoms with Crippen molar-refractivity contribution >= 4 is 11.6 Å². The fraction of sp³-hybridized carbons (Fsp3) is 0.417. The lowest BCUT2D eigenvalue weighted by atomic mass is 10.1. The van der Waals surface area contributed by atoms with Crippen LogP contribution in [-0.4, -0.2) is 25.7 Å². The second-order valence-electron chi connectivity index (χ2n) is 4.07. The molecule has 17 heavy (non-hydrogen) atoms. The Morgan fingerprint density at radius 3 is 2.94 bits per heavy atom. The van der Waals surface area contributed by atoms with Gasteiger partial charge in [-0.1, -0.05) is 0 Å². The summed E-state index contributed by atoms with van der Waals surface area (Å²) in [7, 11) is 0. The minimum absolute atomic E-state index is 0.0532. The number of ether oxygens (including phenoxy) is 2. The second kappa shape index (κ2) is 4.16. The van der Waals surface area contributed by atoms with Crippen molar-refractivity contribution in [1.82, 2.24) is 5.32 Å². The van der Waals surface area contributed by atoms with Crippen LogP contribution in [0.1, 0.15) is 12.0 Å². The molecule has 3 rings (SSSR count). The van der Waals surface area contributed by atoms with E-state index < -0.39 is 0 Å². The lowest BCUT2D eigenvalue weighted by molar-refractivity contribution is -0.121. The van der Waals surface area contributed by atoms with Crippen LogP contribution in [0.15, 0.2) is 12.1 Å². The molecule has 0 aromatic heterocycles. The van der Waals surface area contributed by atoms with E-state index in [4.69, 9.17) is 9.47 Å². The number of nitrogens with one attached hydrogen (secondary N) is 2. The van der Waals surface area contributed by atoms with Gasteiger partial charge < -0.3 is 20.1 Å². The van der Waals surface area contributed by atoms with Crippen LogP contribution in [0, 0.1) is 0 Å². The molecule has 0 unspecified atom stereocenters. The van der Waals surface area contributed by atoms with Crippen LogP contribution in [0.2, 0.25) is 0 Å². The number of fused-ring (bicyclic) bond motifs is 3. The average Bonchev–Trinajstić information content (AvgIpc) is 2.34. The Labute approximate surface area is 99.1 Å². The Kier molecular flexibility index (Phi) is 2.51. The highest BCUT2D eigenvalue weighted by molar-refractivity contribution is 5.78. The summed E-state index contributed by atoms with van der Waals surface area (Å²) in [6.07, 6.45) is 0.494. The van der Waals surface area contributed by atoms with Crippen molar-refractivity contribution < 1.29 is 14.3 Å². The third kappa shape index (κ3) is 1.88. The number of hydrogen-bond acceptors (Lipinski definition) is 4. The van der Waals surface area contributed by atoms with Crippen LogP contribution in [-0.2, 0) is 11.3 Å². The first-order valence-electron chi connectivity index (χ1n) is 5.76. The normalized spacial score (nSPS) is 18.2. The molecule has 0 saturated heterocycles.